The van der Waals surface area contributed by atoms with Gasteiger partial charge in [-0.3, -0.25) is 0 Å². The molecule has 0 aromatic heterocycles. The van der Waals surface area contributed by atoms with Gasteiger partial charge in [0, 0.05) is 17.8 Å². The second-order valence-electron chi connectivity index (χ2n) is 8.08. The van der Waals surface area contributed by atoms with Crippen LogP contribution in [-0.2, 0) is 18.9 Å². The molecule has 0 amide bonds. The molecule has 0 unspecified atom stereocenters. The monoisotopic (exact) mass is 336 g/mol. The number of hydrogen-bond donors (Lipinski definition) is 1. The fourth-order valence-electron chi connectivity index (χ4n) is 6.39. The molecule has 5 nitrogen and oxygen atoms in total. The van der Waals surface area contributed by atoms with Crippen LogP contribution in [0.5, 0.6) is 0 Å². The predicted molar refractivity (Wildman–Crippen MR) is 86.1 cm³/mol. The SMILES string of the molecule is O[C@H]1C=C2CC[C@@H]3C4(CCC[C@@]3(C3OCCO3)[C@@H]2CC1)OCCO4. The lowest BCUT2D eigenvalue weighted by molar-refractivity contribution is -0.301. The highest BCUT2D eigenvalue weighted by Crippen LogP contribution is 2.64. The number of aliphatic hydroxyl groups is 1. The van der Waals surface area contributed by atoms with E-state index in [0.717, 1.165) is 44.9 Å². The topological polar surface area (TPSA) is 57.2 Å². The molecule has 24 heavy (non-hydrogen) atoms. The van der Waals surface area contributed by atoms with Crippen molar-refractivity contribution in [3.8, 4) is 0 Å². The zero-order valence-corrected chi connectivity index (χ0v) is 14.2. The molecule has 2 saturated carbocycles. The number of allylic oxidation sites excluding steroid dienone is 1. The van der Waals surface area contributed by atoms with E-state index in [-0.39, 0.29) is 17.8 Å². The molecule has 3 aliphatic carbocycles. The van der Waals surface area contributed by atoms with Gasteiger partial charge in [0.15, 0.2) is 12.1 Å². The minimum absolute atomic E-state index is 0.0662. The van der Waals surface area contributed by atoms with E-state index < -0.39 is 5.79 Å². The third-order valence-corrected chi connectivity index (χ3v) is 7.13. The molecular formula is C19H28O5. The highest BCUT2D eigenvalue weighted by Gasteiger charge is 2.65. The number of ether oxygens (including phenoxy) is 4. The van der Waals surface area contributed by atoms with Crippen LogP contribution in [0.1, 0.15) is 44.9 Å². The van der Waals surface area contributed by atoms with Crippen LogP contribution in [-0.4, -0.2) is 49.7 Å². The first-order valence-corrected chi connectivity index (χ1v) is 9.64. The Morgan fingerprint density at radius 1 is 0.958 bits per heavy atom. The highest BCUT2D eigenvalue weighted by molar-refractivity contribution is 5.24. The molecule has 5 aliphatic rings. The summed E-state index contributed by atoms with van der Waals surface area (Å²) in [4.78, 5) is 0. The zero-order valence-electron chi connectivity index (χ0n) is 14.2. The maximum absolute atomic E-state index is 10.1. The molecule has 0 aromatic carbocycles. The number of aliphatic hydroxyl groups excluding tert-OH is 1. The second kappa shape index (κ2) is 5.78. The van der Waals surface area contributed by atoms with Crippen LogP contribution in [0, 0.1) is 17.3 Å². The summed E-state index contributed by atoms with van der Waals surface area (Å²) in [7, 11) is 0. The van der Waals surface area contributed by atoms with Gasteiger partial charge in [0.05, 0.1) is 32.5 Å². The zero-order chi connectivity index (χ0) is 16.2. The van der Waals surface area contributed by atoms with E-state index in [2.05, 4.69) is 6.08 Å². The minimum atomic E-state index is -0.435. The van der Waals surface area contributed by atoms with Crippen molar-refractivity contribution in [1.29, 1.82) is 0 Å². The lowest BCUT2D eigenvalue weighted by atomic mass is 9.49. The van der Waals surface area contributed by atoms with E-state index in [1.165, 1.54) is 5.57 Å². The summed E-state index contributed by atoms with van der Waals surface area (Å²) in [6.45, 7) is 2.76. The minimum Gasteiger partial charge on any atom is -0.389 e. The predicted octanol–water partition coefficient (Wildman–Crippen LogP) is 2.38. The van der Waals surface area contributed by atoms with Gasteiger partial charge < -0.3 is 24.1 Å². The van der Waals surface area contributed by atoms with Crippen LogP contribution in [0.3, 0.4) is 0 Å². The van der Waals surface area contributed by atoms with Gasteiger partial charge in [-0.1, -0.05) is 11.6 Å². The maximum Gasteiger partial charge on any atom is 0.172 e. The highest BCUT2D eigenvalue weighted by atomic mass is 16.7. The van der Waals surface area contributed by atoms with Crippen LogP contribution in [0.4, 0.5) is 0 Å². The van der Waals surface area contributed by atoms with Crippen molar-refractivity contribution in [2.24, 2.45) is 17.3 Å². The molecule has 4 fully saturated rings. The molecule has 4 atom stereocenters. The fourth-order valence-corrected chi connectivity index (χ4v) is 6.39. The Labute approximate surface area is 143 Å². The van der Waals surface area contributed by atoms with Crippen molar-refractivity contribution >= 4 is 0 Å². The summed E-state index contributed by atoms with van der Waals surface area (Å²) in [6.07, 6.45) is 8.78. The van der Waals surface area contributed by atoms with Gasteiger partial charge in [-0.2, -0.15) is 0 Å². The van der Waals surface area contributed by atoms with E-state index in [0.29, 0.717) is 38.3 Å². The van der Waals surface area contributed by atoms with Crippen molar-refractivity contribution < 1.29 is 24.1 Å². The molecule has 1 N–H and O–H groups in total. The average Bonchev–Trinajstić information content (AvgIpc) is 3.27. The quantitative estimate of drug-likeness (QED) is 0.745. The fraction of sp³-hybridized carbons (Fsp3) is 0.895. The largest absolute Gasteiger partial charge is 0.389 e. The Morgan fingerprint density at radius 2 is 1.75 bits per heavy atom. The van der Waals surface area contributed by atoms with Crippen molar-refractivity contribution in [3.63, 3.8) is 0 Å². The molecule has 134 valence electrons. The first-order valence-electron chi connectivity index (χ1n) is 9.64. The molecule has 2 aliphatic heterocycles. The number of hydrogen-bond acceptors (Lipinski definition) is 5. The van der Waals surface area contributed by atoms with Gasteiger partial charge in [-0.25, -0.2) is 0 Å². The van der Waals surface area contributed by atoms with Gasteiger partial charge in [-0.15, -0.1) is 0 Å². The molecular weight excluding hydrogens is 308 g/mol. The second-order valence-corrected chi connectivity index (χ2v) is 8.08. The van der Waals surface area contributed by atoms with E-state index in [1.54, 1.807) is 0 Å². The Kier molecular flexibility index (Phi) is 3.80. The number of fused-ring (bicyclic) bond motifs is 4. The van der Waals surface area contributed by atoms with Crippen LogP contribution < -0.4 is 0 Å². The van der Waals surface area contributed by atoms with E-state index in [4.69, 9.17) is 18.9 Å². The maximum atomic E-state index is 10.1. The lowest BCUT2D eigenvalue weighted by Crippen LogP contribution is -2.62. The summed E-state index contributed by atoms with van der Waals surface area (Å²) in [6, 6.07) is 0. The summed E-state index contributed by atoms with van der Waals surface area (Å²) in [5.41, 5.74) is 1.35. The molecule has 2 saturated heterocycles. The molecule has 1 spiro atoms. The van der Waals surface area contributed by atoms with Gasteiger partial charge in [-0.05, 0) is 44.4 Å². The third-order valence-electron chi connectivity index (χ3n) is 7.13. The van der Waals surface area contributed by atoms with Crippen LogP contribution in [0.2, 0.25) is 0 Å². The van der Waals surface area contributed by atoms with E-state index in [9.17, 15) is 5.11 Å². The Morgan fingerprint density at radius 3 is 2.54 bits per heavy atom. The van der Waals surface area contributed by atoms with Gasteiger partial charge in [0.25, 0.3) is 0 Å². The first kappa shape index (κ1) is 15.8. The number of rotatable bonds is 1. The van der Waals surface area contributed by atoms with Crippen molar-refractivity contribution in [2.75, 3.05) is 26.4 Å². The Balaban J connectivity index is 1.60. The van der Waals surface area contributed by atoms with Gasteiger partial charge in [0.1, 0.15) is 0 Å². The summed E-state index contributed by atoms with van der Waals surface area (Å²) < 4.78 is 24.7. The van der Waals surface area contributed by atoms with Crippen LogP contribution in [0.15, 0.2) is 11.6 Å². The molecule has 0 bridgehead atoms. The van der Waals surface area contributed by atoms with E-state index >= 15 is 0 Å². The first-order chi connectivity index (χ1) is 11.7. The third kappa shape index (κ3) is 2.12. The Hall–Kier alpha value is -0.460. The van der Waals surface area contributed by atoms with Crippen molar-refractivity contribution in [1.82, 2.24) is 0 Å². The van der Waals surface area contributed by atoms with Gasteiger partial charge in [0.2, 0.25) is 0 Å². The normalized spacial score (nSPS) is 45.0. The molecule has 5 rings (SSSR count). The van der Waals surface area contributed by atoms with Crippen molar-refractivity contribution in [3.05, 3.63) is 11.6 Å². The molecule has 2 heterocycles. The lowest BCUT2D eigenvalue weighted by Gasteiger charge is -2.60. The summed E-state index contributed by atoms with van der Waals surface area (Å²) >= 11 is 0. The molecule has 5 heteroatoms. The Bertz CT molecular complexity index is 520. The van der Waals surface area contributed by atoms with Crippen LogP contribution >= 0.6 is 0 Å². The smallest absolute Gasteiger partial charge is 0.172 e. The van der Waals surface area contributed by atoms with Gasteiger partial charge >= 0.3 is 0 Å². The average molecular weight is 336 g/mol. The molecule has 0 radical (unpaired) electrons. The standard InChI is InChI=1S/C19H28O5/c20-14-3-4-15-13(12-14)2-5-16-18(15,17-21-8-9-22-17)6-1-7-19(16)23-10-11-24-19/h12,14-17,20H,1-11H2/t14-,15-,16+,18-/m1/s1. The van der Waals surface area contributed by atoms with Crippen molar-refractivity contribution in [2.45, 2.75) is 63.1 Å². The van der Waals surface area contributed by atoms with Crippen LogP contribution in [0.25, 0.3) is 0 Å². The molecule has 0 aromatic rings. The summed E-state index contributed by atoms with van der Waals surface area (Å²) in [5.74, 6) is 0.310. The summed E-state index contributed by atoms with van der Waals surface area (Å²) in [5, 5.41) is 10.1. The van der Waals surface area contributed by atoms with E-state index in [1.807, 2.05) is 0 Å².